The van der Waals surface area contributed by atoms with Crippen molar-refractivity contribution in [2.75, 3.05) is 56.4 Å². The summed E-state index contributed by atoms with van der Waals surface area (Å²) in [5.41, 5.74) is 0.579. The largest absolute Gasteiger partial charge is 0.494 e. The third kappa shape index (κ3) is 6.62. The Morgan fingerprint density at radius 2 is 1.89 bits per heavy atom. The Morgan fingerprint density at radius 3 is 2.59 bits per heavy atom. The Labute approximate surface area is 220 Å². The van der Waals surface area contributed by atoms with Crippen molar-refractivity contribution in [2.24, 2.45) is 11.8 Å². The molecule has 2 aliphatic rings. The summed E-state index contributed by atoms with van der Waals surface area (Å²) in [7, 11) is 1.71. The number of nitrogens with zero attached hydrogens (tertiary/aromatic N) is 4. The molecular formula is C28H41FN4O4. The van der Waals surface area contributed by atoms with Crippen molar-refractivity contribution in [3.63, 3.8) is 0 Å². The maximum Gasteiger partial charge on any atom is 0.232 e. The monoisotopic (exact) mass is 516 g/mol. The molecule has 204 valence electrons. The van der Waals surface area contributed by atoms with E-state index in [0.29, 0.717) is 62.2 Å². The fourth-order valence-corrected chi connectivity index (χ4v) is 5.25. The molecule has 3 heterocycles. The summed E-state index contributed by atoms with van der Waals surface area (Å²) < 4.78 is 37.6. The van der Waals surface area contributed by atoms with Gasteiger partial charge in [0.15, 0.2) is 0 Å². The summed E-state index contributed by atoms with van der Waals surface area (Å²) in [6.45, 7) is 12.6. The highest BCUT2D eigenvalue weighted by Crippen LogP contribution is 2.32. The molecule has 2 fully saturated rings. The number of ether oxygens (including phenoxy) is 4. The van der Waals surface area contributed by atoms with Crippen LogP contribution in [0.15, 0.2) is 30.6 Å². The zero-order chi connectivity index (χ0) is 26.4. The van der Waals surface area contributed by atoms with Crippen LogP contribution in [0.5, 0.6) is 11.6 Å². The van der Waals surface area contributed by atoms with E-state index in [9.17, 15) is 4.39 Å². The molecular weight excluding hydrogens is 475 g/mol. The molecule has 4 rings (SSSR count). The fourth-order valence-electron chi connectivity index (χ4n) is 5.25. The molecule has 1 aromatic carbocycles. The maximum absolute atomic E-state index is 14.5. The molecule has 0 amide bonds. The summed E-state index contributed by atoms with van der Waals surface area (Å²) in [6.07, 6.45) is 5.32. The van der Waals surface area contributed by atoms with Crippen molar-refractivity contribution in [3.05, 3.63) is 36.4 Å². The van der Waals surface area contributed by atoms with Crippen LogP contribution < -0.4 is 19.3 Å². The summed E-state index contributed by atoms with van der Waals surface area (Å²) in [5, 5.41) is 0. The zero-order valence-electron chi connectivity index (χ0n) is 22.7. The summed E-state index contributed by atoms with van der Waals surface area (Å²) in [4.78, 5) is 13.6. The van der Waals surface area contributed by atoms with Gasteiger partial charge in [0.25, 0.3) is 0 Å². The van der Waals surface area contributed by atoms with Crippen molar-refractivity contribution >= 4 is 11.5 Å². The van der Waals surface area contributed by atoms with Gasteiger partial charge in [0.05, 0.1) is 30.8 Å². The average molecular weight is 517 g/mol. The highest BCUT2D eigenvalue weighted by molar-refractivity contribution is 5.52. The number of piperidine rings is 1. The Balaban J connectivity index is 1.32. The van der Waals surface area contributed by atoms with Gasteiger partial charge in [-0.3, -0.25) is 0 Å². The van der Waals surface area contributed by atoms with E-state index >= 15 is 0 Å². The predicted molar refractivity (Wildman–Crippen MR) is 142 cm³/mol. The predicted octanol–water partition coefficient (Wildman–Crippen LogP) is 4.57. The molecule has 8 nitrogen and oxygen atoms in total. The highest BCUT2D eigenvalue weighted by Gasteiger charge is 2.37. The first kappa shape index (κ1) is 27.4. The smallest absolute Gasteiger partial charge is 0.232 e. The van der Waals surface area contributed by atoms with Gasteiger partial charge in [-0.25, -0.2) is 14.4 Å². The second kappa shape index (κ2) is 12.7. The number of halogens is 1. The Kier molecular flexibility index (Phi) is 9.43. The quantitative estimate of drug-likeness (QED) is 0.402. The van der Waals surface area contributed by atoms with E-state index in [-0.39, 0.29) is 23.9 Å². The van der Waals surface area contributed by atoms with Crippen LogP contribution in [0.3, 0.4) is 0 Å². The molecule has 0 bridgehead atoms. The van der Waals surface area contributed by atoms with Crippen LogP contribution in [0.4, 0.5) is 15.9 Å². The van der Waals surface area contributed by atoms with Gasteiger partial charge in [-0.1, -0.05) is 13.8 Å². The number of hydrogen-bond donors (Lipinski definition) is 0. The number of aromatic nitrogens is 2. The Hall–Kier alpha value is -2.65. The number of rotatable bonds is 11. The van der Waals surface area contributed by atoms with Crippen LogP contribution in [0.1, 0.15) is 40.5 Å². The zero-order valence-corrected chi connectivity index (χ0v) is 22.7. The molecule has 9 heteroatoms. The molecule has 0 radical (unpaired) electrons. The van der Waals surface area contributed by atoms with Crippen LogP contribution in [0, 0.1) is 17.7 Å². The molecule has 0 saturated carbocycles. The lowest BCUT2D eigenvalue weighted by Gasteiger charge is -2.38. The minimum absolute atomic E-state index is 0.00912. The van der Waals surface area contributed by atoms with Crippen LogP contribution >= 0.6 is 0 Å². The molecule has 0 unspecified atom stereocenters. The van der Waals surface area contributed by atoms with E-state index < -0.39 is 0 Å². The van der Waals surface area contributed by atoms with E-state index in [1.807, 2.05) is 6.92 Å². The first-order valence-corrected chi connectivity index (χ1v) is 13.4. The molecule has 2 aromatic rings. The van der Waals surface area contributed by atoms with Crippen molar-refractivity contribution < 1.29 is 23.3 Å². The minimum Gasteiger partial charge on any atom is -0.494 e. The van der Waals surface area contributed by atoms with Crippen LogP contribution in [0.25, 0.3) is 0 Å². The molecule has 2 saturated heterocycles. The van der Waals surface area contributed by atoms with Gasteiger partial charge in [-0.15, -0.1) is 0 Å². The summed E-state index contributed by atoms with van der Waals surface area (Å²) in [5.74, 6) is 2.40. The number of hydrogen-bond acceptors (Lipinski definition) is 8. The van der Waals surface area contributed by atoms with Gasteiger partial charge in [-0.2, -0.15) is 0 Å². The van der Waals surface area contributed by atoms with E-state index in [4.69, 9.17) is 18.9 Å². The molecule has 5 atom stereocenters. The van der Waals surface area contributed by atoms with E-state index in [0.717, 1.165) is 25.2 Å². The van der Waals surface area contributed by atoms with Crippen molar-refractivity contribution in [1.29, 1.82) is 0 Å². The molecule has 0 aliphatic carbocycles. The standard InChI is InChI=1S/C28H41FN4O4/c1-6-35-22-8-9-23(29)24(14-22)32-11-10-25(19(2)17-32)37-28-16-30-27(15-31-28)33-18-26(20(3)21(33)4)36-13-7-12-34-5/h8-9,14-16,19-21,25-26H,6-7,10-13,17-18H2,1-5H3/t19-,20+,21+,25-,26+/m1/s1. The van der Waals surface area contributed by atoms with Gasteiger partial charge in [-0.05, 0) is 32.4 Å². The van der Waals surface area contributed by atoms with E-state index in [1.54, 1.807) is 31.6 Å². The molecule has 1 aromatic heterocycles. The lowest BCUT2D eigenvalue weighted by atomic mass is 9.96. The van der Waals surface area contributed by atoms with Crippen LogP contribution in [-0.2, 0) is 9.47 Å². The van der Waals surface area contributed by atoms with Crippen LogP contribution in [0.2, 0.25) is 0 Å². The SMILES string of the molecule is CCOc1ccc(F)c(N2CC[C@@H](Oc3cnc(N4C[C@H](OCCCOC)[C@@H](C)[C@@H]4C)cn3)[C@H](C)C2)c1. The topological polar surface area (TPSA) is 69.2 Å². The first-order chi connectivity index (χ1) is 17.9. The van der Waals surface area contributed by atoms with E-state index in [1.165, 1.54) is 6.07 Å². The Bertz CT molecular complexity index is 995. The van der Waals surface area contributed by atoms with Gasteiger partial charge < -0.3 is 28.7 Å². The second-order valence-corrected chi connectivity index (χ2v) is 10.1. The third-order valence-corrected chi connectivity index (χ3v) is 7.62. The van der Waals surface area contributed by atoms with Gasteiger partial charge in [0, 0.05) is 70.3 Å². The molecule has 37 heavy (non-hydrogen) atoms. The first-order valence-electron chi connectivity index (χ1n) is 13.4. The lowest BCUT2D eigenvalue weighted by molar-refractivity contribution is 0.0277. The van der Waals surface area contributed by atoms with Gasteiger partial charge in [0.2, 0.25) is 5.88 Å². The maximum atomic E-state index is 14.5. The normalized spacial score (nSPS) is 25.9. The third-order valence-electron chi connectivity index (χ3n) is 7.62. The molecule has 2 aliphatic heterocycles. The van der Waals surface area contributed by atoms with Crippen LogP contribution in [-0.4, -0.2) is 74.8 Å². The highest BCUT2D eigenvalue weighted by atomic mass is 19.1. The summed E-state index contributed by atoms with van der Waals surface area (Å²) >= 11 is 0. The number of anilines is 2. The van der Waals surface area contributed by atoms with E-state index in [2.05, 4.69) is 40.5 Å². The fraction of sp³-hybridized carbons (Fsp3) is 0.643. The Morgan fingerprint density at radius 1 is 1.05 bits per heavy atom. The van der Waals surface area contributed by atoms with Gasteiger partial charge in [0.1, 0.15) is 23.5 Å². The van der Waals surface area contributed by atoms with Crippen molar-refractivity contribution in [3.8, 4) is 11.6 Å². The molecule has 0 N–H and O–H groups in total. The molecule has 0 spiro atoms. The second-order valence-electron chi connectivity index (χ2n) is 10.1. The average Bonchev–Trinajstić information content (AvgIpc) is 3.18. The summed E-state index contributed by atoms with van der Waals surface area (Å²) in [6, 6.07) is 5.23. The number of methoxy groups -OCH3 is 1. The minimum atomic E-state index is -0.232. The van der Waals surface area contributed by atoms with Crippen molar-refractivity contribution in [1.82, 2.24) is 9.97 Å². The lowest BCUT2D eigenvalue weighted by Crippen LogP contribution is -2.44. The van der Waals surface area contributed by atoms with Crippen molar-refractivity contribution in [2.45, 2.75) is 58.8 Å². The number of benzene rings is 1. The van der Waals surface area contributed by atoms with Gasteiger partial charge >= 0.3 is 0 Å².